The molecular weight excluding hydrogens is 351 g/mol. The average molecular weight is 362 g/mol. The predicted octanol–water partition coefficient (Wildman–Crippen LogP) is 4.78. The minimum Gasteiger partial charge on any atom is -0.496 e. The maximum atomic E-state index is 6.22. The number of nitrogens with zero attached hydrogens (tertiary/aromatic N) is 2. The van der Waals surface area contributed by atoms with Crippen LogP contribution in [0.1, 0.15) is 12.6 Å². The van der Waals surface area contributed by atoms with Gasteiger partial charge in [-0.15, -0.1) is 0 Å². The number of ether oxygens (including phenoxy) is 1. The molecule has 0 N–H and O–H groups in total. The molecule has 0 spiro atoms. The summed E-state index contributed by atoms with van der Waals surface area (Å²) in [6.45, 7) is 2.00. The van der Waals surface area contributed by atoms with Crippen LogP contribution in [0.25, 0.3) is 11.4 Å². The summed E-state index contributed by atoms with van der Waals surface area (Å²) < 4.78 is 6.02. The fourth-order valence-electron chi connectivity index (χ4n) is 1.70. The first-order chi connectivity index (χ1) is 9.08. The zero-order valence-corrected chi connectivity index (χ0v) is 13.5. The van der Waals surface area contributed by atoms with E-state index in [0.717, 1.165) is 12.1 Å². The van der Waals surface area contributed by atoms with Crippen LogP contribution in [0.15, 0.2) is 22.7 Å². The summed E-state index contributed by atoms with van der Waals surface area (Å²) in [5.74, 6) is 1.08. The Labute approximate surface area is 130 Å². The lowest BCUT2D eigenvalue weighted by Crippen LogP contribution is -1.99. The van der Waals surface area contributed by atoms with Gasteiger partial charge >= 0.3 is 0 Å². The highest BCUT2D eigenvalue weighted by Gasteiger charge is 2.16. The van der Waals surface area contributed by atoms with Gasteiger partial charge in [0.2, 0.25) is 0 Å². The normalized spacial score (nSPS) is 10.6. The summed E-state index contributed by atoms with van der Waals surface area (Å²) in [5.41, 5.74) is 1.48. The van der Waals surface area contributed by atoms with Crippen molar-refractivity contribution in [2.75, 3.05) is 7.11 Å². The highest BCUT2D eigenvalue weighted by atomic mass is 79.9. The van der Waals surface area contributed by atoms with E-state index in [2.05, 4.69) is 25.9 Å². The Morgan fingerprint density at radius 1 is 1.26 bits per heavy atom. The van der Waals surface area contributed by atoms with Gasteiger partial charge in [-0.05, 0) is 34.5 Å². The number of halogens is 3. The van der Waals surface area contributed by atoms with Gasteiger partial charge < -0.3 is 4.74 Å². The van der Waals surface area contributed by atoms with Crippen LogP contribution in [-0.4, -0.2) is 17.1 Å². The molecule has 2 rings (SSSR count). The quantitative estimate of drug-likeness (QED) is 0.737. The van der Waals surface area contributed by atoms with Crippen LogP contribution in [-0.2, 0) is 6.42 Å². The van der Waals surface area contributed by atoms with Crippen molar-refractivity contribution in [1.29, 1.82) is 0 Å². The van der Waals surface area contributed by atoms with Crippen molar-refractivity contribution in [3.8, 4) is 17.1 Å². The van der Waals surface area contributed by atoms with Gasteiger partial charge in [0.1, 0.15) is 10.9 Å². The van der Waals surface area contributed by atoms with E-state index in [1.54, 1.807) is 13.2 Å². The SMILES string of the molecule is CCc1nc(-c2c(Cl)cccc2OC)nc(Cl)c1Br. The standard InChI is InChI=1S/C13H11BrCl2N2O/c1-3-8-11(14)12(16)18-13(17-8)10-7(15)5-4-6-9(10)19-2/h4-6H,3H2,1-2H3. The molecule has 0 aliphatic rings. The lowest BCUT2D eigenvalue weighted by Gasteiger charge is -2.11. The summed E-state index contributed by atoms with van der Waals surface area (Å²) >= 11 is 15.7. The Morgan fingerprint density at radius 3 is 2.63 bits per heavy atom. The van der Waals surface area contributed by atoms with Gasteiger partial charge in [0, 0.05) is 0 Å². The zero-order chi connectivity index (χ0) is 14.0. The fourth-order valence-corrected chi connectivity index (χ4v) is 2.60. The predicted molar refractivity (Wildman–Crippen MR) is 81.1 cm³/mol. The smallest absolute Gasteiger partial charge is 0.166 e. The lowest BCUT2D eigenvalue weighted by atomic mass is 10.1. The van der Waals surface area contributed by atoms with Crippen LogP contribution in [0.5, 0.6) is 5.75 Å². The van der Waals surface area contributed by atoms with E-state index in [4.69, 9.17) is 27.9 Å². The fraction of sp³-hybridized carbons (Fsp3) is 0.231. The minimum atomic E-state index is 0.365. The van der Waals surface area contributed by atoms with Crippen LogP contribution in [0.3, 0.4) is 0 Å². The molecule has 0 amide bonds. The first kappa shape index (κ1) is 14.6. The van der Waals surface area contributed by atoms with Gasteiger partial charge in [-0.1, -0.05) is 36.2 Å². The van der Waals surface area contributed by atoms with E-state index in [1.807, 2.05) is 19.1 Å². The molecule has 1 aromatic heterocycles. The summed E-state index contributed by atoms with van der Waals surface area (Å²) in [5, 5.41) is 0.892. The maximum absolute atomic E-state index is 6.22. The number of aromatic nitrogens is 2. The topological polar surface area (TPSA) is 35.0 Å². The molecule has 1 heterocycles. The van der Waals surface area contributed by atoms with E-state index < -0.39 is 0 Å². The van der Waals surface area contributed by atoms with Gasteiger partial charge in [0.15, 0.2) is 5.82 Å². The summed E-state index contributed by atoms with van der Waals surface area (Å²) in [4.78, 5) is 8.75. The van der Waals surface area contributed by atoms with Crippen molar-refractivity contribution in [3.63, 3.8) is 0 Å². The van der Waals surface area contributed by atoms with Crippen molar-refractivity contribution in [1.82, 2.24) is 9.97 Å². The molecule has 3 nitrogen and oxygen atoms in total. The number of hydrogen-bond acceptors (Lipinski definition) is 3. The van der Waals surface area contributed by atoms with Crippen molar-refractivity contribution < 1.29 is 4.74 Å². The first-order valence-corrected chi connectivity index (χ1v) is 7.18. The van der Waals surface area contributed by atoms with Gasteiger partial charge in [-0.25, -0.2) is 9.97 Å². The third-order valence-electron chi connectivity index (χ3n) is 2.63. The third kappa shape index (κ3) is 2.86. The molecule has 100 valence electrons. The van der Waals surface area contributed by atoms with Crippen molar-refractivity contribution in [3.05, 3.63) is 38.5 Å². The molecule has 0 radical (unpaired) electrons. The molecule has 1 aromatic carbocycles. The second-order valence-electron chi connectivity index (χ2n) is 3.77. The van der Waals surface area contributed by atoms with E-state index in [9.17, 15) is 0 Å². The Balaban J connectivity index is 2.69. The monoisotopic (exact) mass is 360 g/mol. The Morgan fingerprint density at radius 2 is 2.00 bits per heavy atom. The third-order valence-corrected chi connectivity index (χ3v) is 4.28. The molecule has 0 bridgehead atoms. The molecule has 6 heteroatoms. The first-order valence-electron chi connectivity index (χ1n) is 5.63. The number of benzene rings is 1. The maximum Gasteiger partial charge on any atom is 0.166 e. The molecule has 0 saturated carbocycles. The Kier molecular flexibility index (Phi) is 4.66. The molecule has 19 heavy (non-hydrogen) atoms. The second kappa shape index (κ2) is 6.07. The molecule has 0 aliphatic heterocycles. The molecule has 0 fully saturated rings. The van der Waals surface area contributed by atoms with Gasteiger partial charge in [0.05, 0.1) is 27.9 Å². The van der Waals surface area contributed by atoms with Crippen LogP contribution in [0.2, 0.25) is 10.2 Å². The lowest BCUT2D eigenvalue weighted by molar-refractivity contribution is 0.416. The van der Waals surface area contributed by atoms with Crippen LogP contribution < -0.4 is 4.74 Å². The van der Waals surface area contributed by atoms with Gasteiger partial charge in [-0.2, -0.15) is 0 Å². The molecule has 0 atom stereocenters. The van der Waals surface area contributed by atoms with Gasteiger partial charge in [-0.3, -0.25) is 0 Å². The molecule has 2 aromatic rings. The Bertz CT molecular complexity index is 620. The van der Waals surface area contributed by atoms with Crippen molar-refractivity contribution in [2.45, 2.75) is 13.3 Å². The van der Waals surface area contributed by atoms with Crippen molar-refractivity contribution in [2.24, 2.45) is 0 Å². The summed E-state index contributed by atoms with van der Waals surface area (Å²) in [6.07, 6.45) is 0.739. The van der Waals surface area contributed by atoms with E-state index in [1.165, 1.54) is 0 Å². The zero-order valence-electron chi connectivity index (χ0n) is 10.4. The van der Waals surface area contributed by atoms with E-state index in [0.29, 0.717) is 31.8 Å². The molecule has 0 unspecified atom stereocenters. The molecule has 0 saturated heterocycles. The van der Waals surface area contributed by atoms with Crippen LogP contribution in [0, 0.1) is 0 Å². The minimum absolute atomic E-state index is 0.365. The highest BCUT2D eigenvalue weighted by molar-refractivity contribution is 9.10. The largest absolute Gasteiger partial charge is 0.496 e. The number of aryl methyl sites for hydroxylation is 1. The van der Waals surface area contributed by atoms with E-state index in [-0.39, 0.29) is 0 Å². The number of hydrogen-bond donors (Lipinski definition) is 0. The average Bonchev–Trinajstić information content (AvgIpc) is 2.41. The van der Waals surface area contributed by atoms with Crippen molar-refractivity contribution >= 4 is 39.1 Å². The van der Waals surface area contributed by atoms with Crippen LogP contribution >= 0.6 is 39.1 Å². The second-order valence-corrected chi connectivity index (χ2v) is 5.33. The number of rotatable bonds is 3. The molecule has 0 aliphatic carbocycles. The Hall–Kier alpha value is -0.840. The van der Waals surface area contributed by atoms with E-state index >= 15 is 0 Å². The summed E-state index contributed by atoms with van der Waals surface area (Å²) in [6, 6.07) is 5.39. The highest BCUT2D eigenvalue weighted by Crippen LogP contribution is 2.36. The van der Waals surface area contributed by atoms with Crippen LogP contribution in [0.4, 0.5) is 0 Å². The van der Waals surface area contributed by atoms with Gasteiger partial charge in [0.25, 0.3) is 0 Å². The molecular formula is C13H11BrCl2N2O. The number of methoxy groups -OCH3 is 1. The summed E-state index contributed by atoms with van der Waals surface area (Å²) in [7, 11) is 1.58.